The van der Waals surface area contributed by atoms with E-state index in [9.17, 15) is 45.3 Å². The summed E-state index contributed by atoms with van der Waals surface area (Å²) in [7, 11) is 0. The van der Waals surface area contributed by atoms with Gasteiger partial charge in [0.05, 0.1) is 24.3 Å². The van der Waals surface area contributed by atoms with E-state index in [4.69, 9.17) is 9.47 Å². The number of aromatic nitrogens is 2. The minimum absolute atomic E-state index is 0.0625. The van der Waals surface area contributed by atoms with Gasteiger partial charge in [-0.2, -0.15) is 0 Å². The summed E-state index contributed by atoms with van der Waals surface area (Å²) in [6, 6.07) is 15.5. The van der Waals surface area contributed by atoms with E-state index in [1.54, 1.807) is 18.5 Å². The van der Waals surface area contributed by atoms with Crippen molar-refractivity contribution in [2.75, 3.05) is 11.5 Å². The Morgan fingerprint density at radius 1 is 1.00 bits per heavy atom. The number of hydrogen-bond acceptors (Lipinski definition) is 11. The predicted octanol–water partition coefficient (Wildman–Crippen LogP) is 2.38. The molecule has 14 heteroatoms. The van der Waals surface area contributed by atoms with Gasteiger partial charge in [-0.1, -0.05) is 43.3 Å². The Kier molecular flexibility index (Phi) is 10.9. The van der Waals surface area contributed by atoms with Crippen LogP contribution in [0.3, 0.4) is 0 Å². The van der Waals surface area contributed by atoms with Gasteiger partial charge in [0.15, 0.2) is 11.5 Å². The number of aliphatic hydroxyl groups excluding tert-OH is 4. The number of carbonyl (C=O) groups excluding carboxylic acids is 1. The monoisotopic (exact) mass is 715 g/mol. The van der Waals surface area contributed by atoms with Crippen LogP contribution in [-0.4, -0.2) is 101 Å². The number of hydrogen-bond donors (Lipinski definition) is 8. The summed E-state index contributed by atoms with van der Waals surface area (Å²) in [5.41, 5.74) is 4.34. The second-order valence-corrected chi connectivity index (χ2v) is 12.9. The van der Waals surface area contributed by atoms with Crippen molar-refractivity contribution in [3.63, 3.8) is 0 Å². The average molecular weight is 716 g/mol. The summed E-state index contributed by atoms with van der Waals surface area (Å²) in [5.74, 6) is -3.39. The number of benzene rings is 3. The number of aryl methyl sites for hydroxylation is 2. The SMILES string of the molecule is CCc1nc[nH]c1Cc1cc(/C=C/C(=O)N2c3cc(O[C@@H]4O[C@H](CO)[C@@H](O)[C@H](O)[C@H]4O)c(O)cc3[C@H](CCc3ccccc3)[C@@H]2C(=O)O)ccc1O. The molecule has 274 valence electrons. The topological polar surface area (TPSA) is 226 Å². The second-order valence-electron chi connectivity index (χ2n) is 12.9. The number of rotatable bonds is 12. The summed E-state index contributed by atoms with van der Waals surface area (Å²) in [6.07, 6.45) is -1.91. The number of aliphatic hydroxyl groups is 4. The minimum atomic E-state index is -1.78. The number of carboxylic acids is 1. The molecule has 0 bridgehead atoms. The first-order valence-electron chi connectivity index (χ1n) is 17.0. The van der Waals surface area contributed by atoms with Gasteiger partial charge in [0, 0.05) is 35.7 Å². The van der Waals surface area contributed by atoms with Crippen molar-refractivity contribution in [1.82, 2.24) is 9.97 Å². The van der Waals surface area contributed by atoms with Gasteiger partial charge in [-0.05, 0) is 60.2 Å². The fourth-order valence-electron chi connectivity index (χ4n) is 6.88. The van der Waals surface area contributed by atoms with Crippen LogP contribution in [0, 0.1) is 0 Å². The van der Waals surface area contributed by atoms with E-state index in [2.05, 4.69) is 9.97 Å². The van der Waals surface area contributed by atoms with Crippen molar-refractivity contribution in [3.8, 4) is 17.2 Å². The third-order valence-electron chi connectivity index (χ3n) is 9.63. The number of ether oxygens (including phenoxy) is 2. The van der Waals surface area contributed by atoms with E-state index in [0.29, 0.717) is 42.4 Å². The Hall–Kier alpha value is -5.25. The molecule has 1 amide bonds. The molecule has 0 aliphatic carbocycles. The Morgan fingerprint density at radius 3 is 2.48 bits per heavy atom. The quantitative estimate of drug-likeness (QED) is 0.0990. The molecule has 0 unspecified atom stereocenters. The summed E-state index contributed by atoms with van der Waals surface area (Å²) in [5, 5.41) is 72.8. The Labute approximate surface area is 298 Å². The van der Waals surface area contributed by atoms with Crippen molar-refractivity contribution in [3.05, 3.63) is 107 Å². The average Bonchev–Trinajstić information content (AvgIpc) is 3.73. The van der Waals surface area contributed by atoms with E-state index in [0.717, 1.165) is 21.9 Å². The number of nitrogens with one attached hydrogen (secondary N) is 1. The smallest absolute Gasteiger partial charge is 0.327 e. The van der Waals surface area contributed by atoms with Crippen LogP contribution in [-0.2, 0) is 33.6 Å². The lowest BCUT2D eigenvalue weighted by Gasteiger charge is -2.39. The number of H-pyrrole nitrogens is 1. The van der Waals surface area contributed by atoms with Gasteiger partial charge in [-0.3, -0.25) is 9.69 Å². The molecule has 14 nitrogen and oxygen atoms in total. The highest BCUT2D eigenvalue weighted by Gasteiger charge is 2.48. The van der Waals surface area contributed by atoms with Gasteiger partial charge in [-0.15, -0.1) is 0 Å². The Balaban J connectivity index is 1.34. The molecular formula is C38H41N3O11. The van der Waals surface area contributed by atoms with Gasteiger partial charge in [0.1, 0.15) is 36.2 Å². The number of phenolic OH excluding ortho intramolecular Hbond substituents is 2. The fraction of sp³-hybridized carbons (Fsp3) is 0.342. The predicted molar refractivity (Wildman–Crippen MR) is 187 cm³/mol. The zero-order valence-electron chi connectivity index (χ0n) is 28.2. The lowest BCUT2D eigenvalue weighted by molar-refractivity contribution is -0.277. The van der Waals surface area contributed by atoms with E-state index in [1.807, 2.05) is 37.3 Å². The van der Waals surface area contributed by atoms with Gasteiger partial charge >= 0.3 is 5.97 Å². The van der Waals surface area contributed by atoms with Crippen LogP contribution in [0.1, 0.15) is 52.9 Å². The number of aromatic amines is 1. The zero-order valence-corrected chi connectivity index (χ0v) is 28.2. The molecule has 2 aliphatic heterocycles. The van der Waals surface area contributed by atoms with Gasteiger partial charge in [0.2, 0.25) is 6.29 Å². The highest BCUT2D eigenvalue weighted by molar-refractivity contribution is 6.09. The van der Waals surface area contributed by atoms with Crippen LogP contribution in [0.15, 0.2) is 73.1 Å². The highest BCUT2D eigenvalue weighted by Crippen LogP contribution is 2.48. The molecule has 4 aromatic rings. The van der Waals surface area contributed by atoms with Crippen molar-refractivity contribution < 1.29 is 54.8 Å². The molecule has 0 radical (unpaired) electrons. The summed E-state index contributed by atoms with van der Waals surface area (Å²) < 4.78 is 11.2. The van der Waals surface area contributed by atoms with Crippen LogP contribution in [0.25, 0.3) is 6.08 Å². The molecule has 0 spiro atoms. The molecule has 1 aromatic heterocycles. The van der Waals surface area contributed by atoms with Gasteiger partial charge < -0.3 is 50.2 Å². The van der Waals surface area contributed by atoms with E-state index in [1.165, 1.54) is 30.4 Å². The molecule has 8 N–H and O–H groups in total. The summed E-state index contributed by atoms with van der Waals surface area (Å²) in [6.45, 7) is 1.27. The number of fused-ring (bicyclic) bond motifs is 1. The third kappa shape index (κ3) is 7.38. The minimum Gasteiger partial charge on any atom is -0.508 e. The maximum atomic E-state index is 14.1. The highest BCUT2D eigenvalue weighted by atomic mass is 16.7. The second kappa shape index (κ2) is 15.6. The number of aliphatic carboxylic acids is 1. The number of amides is 1. The van der Waals surface area contributed by atoms with Crippen LogP contribution in [0.5, 0.6) is 17.2 Å². The Bertz CT molecular complexity index is 1930. The fourth-order valence-corrected chi connectivity index (χ4v) is 6.88. The molecule has 3 aromatic carbocycles. The number of aromatic hydroxyl groups is 2. The van der Waals surface area contributed by atoms with E-state index in [-0.39, 0.29) is 17.2 Å². The first-order chi connectivity index (χ1) is 25.0. The molecule has 1 fully saturated rings. The lowest BCUT2D eigenvalue weighted by atomic mass is 9.88. The van der Waals surface area contributed by atoms with Crippen LogP contribution >= 0.6 is 0 Å². The molecule has 6 rings (SSSR count). The van der Waals surface area contributed by atoms with Crippen molar-refractivity contribution in [2.24, 2.45) is 0 Å². The lowest BCUT2D eigenvalue weighted by Crippen LogP contribution is -2.60. The van der Waals surface area contributed by atoms with Crippen molar-refractivity contribution in [1.29, 1.82) is 0 Å². The molecule has 7 atom stereocenters. The molecule has 1 saturated heterocycles. The van der Waals surface area contributed by atoms with Crippen LogP contribution < -0.4 is 9.64 Å². The van der Waals surface area contributed by atoms with Gasteiger partial charge in [0.25, 0.3) is 5.91 Å². The molecule has 0 saturated carbocycles. The molecule has 3 heterocycles. The molecular weight excluding hydrogens is 674 g/mol. The number of nitrogens with zero attached hydrogens (tertiary/aromatic N) is 2. The first kappa shape index (κ1) is 36.5. The van der Waals surface area contributed by atoms with E-state index >= 15 is 0 Å². The summed E-state index contributed by atoms with van der Waals surface area (Å²) >= 11 is 0. The molecule has 2 aliphatic rings. The van der Waals surface area contributed by atoms with Crippen molar-refractivity contribution in [2.45, 2.75) is 75.3 Å². The molecule has 52 heavy (non-hydrogen) atoms. The zero-order chi connectivity index (χ0) is 37.1. The number of anilines is 1. The normalized spacial score (nSPS) is 24.2. The first-order valence-corrected chi connectivity index (χ1v) is 17.0. The Morgan fingerprint density at radius 2 is 1.77 bits per heavy atom. The third-order valence-corrected chi connectivity index (χ3v) is 9.63. The maximum Gasteiger partial charge on any atom is 0.327 e. The summed E-state index contributed by atoms with van der Waals surface area (Å²) in [4.78, 5) is 35.5. The van der Waals surface area contributed by atoms with Gasteiger partial charge in [-0.25, -0.2) is 9.78 Å². The largest absolute Gasteiger partial charge is 0.508 e. The number of carbonyl (C=O) groups is 2. The van der Waals surface area contributed by atoms with E-state index < -0.39 is 66.9 Å². The number of imidazole rings is 1. The van der Waals surface area contributed by atoms with Crippen LogP contribution in [0.4, 0.5) is 5.69 Å². The van der Waals surface area contributed by atoms with Crippen molar-refractivity contribution >= 4 is 23.6 Å². The van der Waals surface area contributed by atoms with Crippen LogP contribution in [0.2, 0.25) is 0 Å². The number of carboxylic acid groups (broad SMARTS) is 1. The standard InChI is InChI=1S/C38H41N3O11/c1-2-25-26(40-19-39-25)15-22-14-21(9-12-28(22)43)10-13-32(45)41-27-17-30(51-38-36(48)35(47)34(46)31(18-42)52-38)29(44)16-24(27)23(33(41)37(49)50)11-8-20-6-4-3-5-7-20/h3-7,9-10,12-14,16-17,19,23,31,33-36,38,42-44,46-48H,2,8,11,15,18H2,1H3,(H,39,40)(H,49,50)/b13-10+/t23-,31+,33+,34+,35-,36+,38+/m0/s1. The number of phenols is 2. The maximum absolute atomic E-state index is 14.1.